The number of nitrogens with one attached hydrogen (secondary N) is 1. The third kappa shape index (κ3) is 3.48. The number of amides is 1. The predicted molar refractivity (Wildman–Crippen MR) is 82.2 cm³/mol. The van der Waals surface area contributed by atoms with Gasteiger partial charge in [0, 0.05) is 19.6 Å². The average Bonchev–Trinajstić information content (AvgIpc) is 2.94. The Morgan fingerprint density at radius 2 is 2.05 bits per heavy atom. The molecular formula is C14H24N4OS. The first-order chi connectivity index (χ1) is 9.58. The maximum Gasteiger partial charge on any atom is 0.284 e. The molecule has 0 aromatic carbocycles. The van der Waals surface area contributed by atoms with E-state index in [1.165, 1.54) is 17.8 Å². The smallest absolute Gasteiger partial charge is 0.284 e. The molecule has 0 radical (unpaired) electrons. The number of hydrogen-bond acceptors (Lipinski definition) is 5. The van der Waals surface area contributed by atoms with E-state index >= 15 is 0 Å². The topological polar surface area (TPSA) is 58.1 Å². The van der Waals surface area contributed by atoms with E-state index in [-0.39, 0.29) is 5.91 Å². The summed E-state index contributed by atoms with van der Waals surface area (Å²) in [7, 11) is 0. The molecule has 1 aliphatic rings. The molecule has 5 nitrogen and oxygen atoms in total. The van der Waals surface area contributed by atoms with Gasteiger partial charge in [0.1, 0.15) is 0 Å². The number of aromatic nitrogens is 2. The van der Waals surface area contributed by atoms with E-state index in [4.69, 9.17) is 0 Å². The molecule has 0 aliphatic carbocycles. The summed E-state index contributed by atoms with van der Waals surface area (Å²) < 4.78 is 0. The van der Waals surface area contributed by atoms with Crippen molar-refractivity contribution in [2.24, 2.45) is 5.41 Å². The predicted octanol–water partition coefficient (Wildman–Crippen LogP) is 3.01. The van der Waals surface area contributed by atoms with E-state index in [0.717, 1.165) is 44.0 Å². The van der Waals surface area contributed by atoms with Crippen molar-refractivity contribution in [3.8, 4) is 0 Å². The van der Waals surface area contributed by atoms with Crippen molar-refractivity contribution in [2.45, 2.75) is 46.5 Å². The van der Waals surface area contributed by atoms with Gasteiger partial charge in [-0.05, 0) is 24.7 Å². The van der Waals surface area contributed by atoms with Crippen molar-refractivity contribution in [2.75, 3.05) is 25.0 Å². The summed E-state index contributed by atoms with van der Waals surface area (Å²) in [5.41, 5.74) is 0.395. The molecule has 1 fully saturated rings. The number of likely N-dealkylation sites (tertiary alicyclic amines) is 1. The Hall–Kier alpha value is -1.17. The summed E-state index contributed by atoms with van der Waals surface area (Å²) in [6.07, 6.45) is 4.37. The number of carbonyl (C=O) groups is 1. The monoisotopic (exact) mass is 296 g/mol. The van der Waals surface area contributed by atoms with Crippen LogP contribution in [0.25, 0.3) is 0 Å². The standard InChI is InChI=1S/C14H24N4OS/c1-4-8-15-13-17-16-11(20-13)12(19)18-9-6-14(3,5-2)7-10-18/h4-10H2,1-3H3,(H,15,17). The minimum Gasteiger partial charge on any atom is -0.360 e. The Morgan fingerprint density at radius 3 is 2.65 bits per heavy atom. The lowest BCUT2D eigenvalue weighted by Crippen LogP contribution is -2.41. The molecule has 1 amide bonds. The lowest BCUT2D eigenvalue weighted by Gasteiger charge is -2.38. The first kappa shape index (κ1) is 15.2. The van der Waals surface area contributed by atoms with Crippen LogP contribution >= 0.6 is 11.3 Å². The number of piperidine rings is 1. The molecule has 1 aromatic heterocycles. The molecule has 112 valence electrons. The number of nitrogens with zero attached hydrogens (tertiary/aromatic N) is 3. The zero-order valence-corrected chi connectivity index (χ0v) is 13.4. The van der Waals surface area contributed by atoms with Crippen LogP contribution in [-0.2, 0) is 0 Å². The summed E-state index contributed by atoms with van der Waals surface area (Å²) >= 11 is 1.36. The Balaban J connectivity index is 1.93. The van der Waals surface area contributed by atoms with Crippen LogP contribution in [0.4, 0.5) is 5.13 Å². The van der Waals surface area contributed by atoms with Crippen LogP contribution in [0.1, 0.15) is 56.3 Å². The molecule has 1 N–H and O–H groups in total. The van der Waals surface area contributed by atoms with Crippen molar-refractivity contribution in [1.29, 1.82) is 0 Å². The summed E-state index contributed by atoms with van der Waals surface area (Å²) in [6.45, 7) is 9.17. The fraction of sp³-hybridized carbons (Fsp3) is 0.786. The fourth-order valence-electron chi connectivity index (χ4n) is 2.35. The van der Waals surface area contributed by atoms with Crippen LogP contribution in [0.3, 0.4) is 0 Å². The Bertz CT molecular complexity index is 452. The molecule has 1 aromatic rings. The third-order valence-corrected chi connectivity index (χ3v) is 5.11. The number of carbonyl (C=O) groups excluding carboxylic acids is 1. The van der Waals surface area contributed by atoms with Crippen molar-refractivity contribution in [3.63, 3.8) is 0 Å². The molecule has 6 heteroatoms. The maximum absolute atomic E-state index is 12.4. The van der Waals surface area contributed by atoms with Crippen LogP contribution in [0, 0.1) is 5.41 Å². The number of rotatable bonds is 5. The molecule has 0 saturated carbocycles. The van der Waals surface area contributed by atoms with Gasteiger partial charge in [-0.1, -0.05) is 38.5 Å². The summed E-state index contributed by atoms with van der Waals surface area (Å²) in [5, 5.41) is 12.5. The van der Waals surface area contributed by atoms with Gasteiger partial charge in [0.25, 0.3) is 5.91 Å². The summed E-state index contributed by atoms with van der Waals surface area (Å²) in [6, 6.07) is 0. The van der Waals surface area contributed by atoms with Gasteiger partial charge in [0.05, 0.1) is 0 Å². The molecule has 1 saturated heterocycles. The highest BCUT2D eigenvalue weighted by molar-refractivity contribution is 7.17. The van der Waals surface area contributed by atoms with Gasteiger partial charge in [-0.2, -0.15) is 0 Å². The molecule has 2 heterocycles. The number of anilines is 1. The van der Waals surface area contributed by atoms with Crippen LogP contribution < -0.4 is 5.32 Å². The molecule has 2 rings (SSSR count). The van der Waals surface area contributed by atoms with Crippen molar-refractivity contribution < 1.29 is 4.79 Å². The highest BCUT2D eigenvalue weighted by atomic mass is 32.1. The Kier molecular flexibility index (Phi) is 4.96. The summed E-state index contributed by atoms with van der Waals surface area (Å²) in [4.78, 5) is 14.3. The molecular weight excluding hydrogens is 272 g/mol. The SMILES string of the molecule is CCCNc1nnc(C(=O)N2CCC(C)(CC)CC2)s1. The van der Waals surface area contributed by atoms with Crippen LogP contribution in [-0.4, -0.2) is 40.6 Å². The maximum atomic E-state index is 12.4. The highest BCUT2D eigenvalue weighted by Gasteiger charge is 2.31. The van der Waals surface area contributed by atoms with Crippen LogP contribution in [0.15, 0.2) is 0 Å². The van der Waals surface area contributed by atoms with Crippen LogP contribution in [0.5, 0.6) is 0 Å². The molecule has 0 unspecified atom stereocenters. The molecule has 1 aliphatic heterocycles. The summed E-state index contributed by atoms with van der Waals surface area (Å²) in [5.74, 6) is 0.0326. The third-order valence-electron chi connectivity index (χ3n) is 4.25. The first-order valence-corrected chi connectivity index (χ1v) is 8.26. The minimum atomic E-state index is 0.0326. The van der Waals surface area contributed by atoms with E-state index < -0.39 is 0 Å². The molecule has 0 bridgehead atoms. The van der Waals surface area contributed by atoms with E-state index in [2.05, 4.69) is 36.3 Å². The van der Waals surface area contributed by atoms with E-state index in [1.54, 1.807) is 0 Å². The molecule has 0 atom stereocenters. The molecule has 0 spiro atoms. The zero-order chi connectivity index (χ0) is 14.6. The second-order valence-corrected chi connectivity index (χ2v) is 6.77. The second kappa shape index (κ2) is 6.52. The molecule has 20 heavy (non-hydrogen) atoms. The van der Waals surface area contributed by atoms with Crippen molar-refractivity contribution in [3.05, 3.63) is 5.01 Å². The largest absolute Gasteiger partial charge is 0.360 e. The van der Waals surface area contributed by atoms with Gasteiger partial charge in [0.15, 0.2) is 0 Å². The van der Waals surface area contributed by atoms with E-state index in [9.17, 15) is 4.79 Å². The van der Waals surface area contributed by atoms with Gasteiger partial charge >= 0.3 is 0 Å². The van der Waals surface area contributed by atoms with Gasteiger partial charge in [-0.25, -0.2) is 0 Å². The highest BCUT2D eigenvalue weighted by Crippen LogP contribution is 2.34. The van der Waals surface area contributed by atoms with Crippen LogP contribution in [0.2, 0.25) is 0 Å². The quantitative estimate of drug-likeness (QED) is 0.907. The van der Waals surface area contributed by atoms with Gasteiger partial charge in [-0.15, -0.1) is 10.2 Å². The zero-order valence-electron chi connectivity index (χ0n) is 12.6. The van der Waals surface area contributed by atoms with E-state index in [0.29, 0.717) is 10.4 Å². The normalized spacial score (nSPS) is 18.1. The van der Waals surface area contributed by atoms with E-state index in [1.807, 2.05) is 4.90 Å². The second-order valence-electron chi connectivity index (χ2n) is 5.80. The van der Waals surface area contributed by atoms with Gasteiger partial charge in [0.2, 0.25) is 10.1 Å². The lowest BCUT2D eigenvalue weighted by atomic mass is 9.78. The van der Waals surface area contributed by atoms with Gasteiger partial charge < -0.3 is 10.2 Å². The fourth-order valence-corrected chi connectivity index (χ4v) is 3.09. The first-order valence-electron chi connectivity index (χ1n) is 7.44. The van der Waals surface area contributed by atoms with Gasteiger partial charge in [-0.3, -0.25) is 4.79 Å². The van der Waals surface area contributed by atoms with Crippen molar-refractivity contribution in [1.82, 2.24) is 15.1 Å². The lowest BCUT2D eigenvalue weighted by molar-refractivity contribution is 0.0599. The Labute approximate surface area is 124 Å². The average molecular weight is 296 g/mol. The Morgan fingerprint density at radius 1 is 1.35 bits per heavy atom. The minimum absolute atomic E-state index is 0.0326. The van der Waals surface area contributed by atoms with Crippen molar-refractivity contribution >= 4 is 22.4 Å². The number of hydrogen-bond donors (Lipinski definition) is 1.